The van der Waals surface area contributed by atoms with E-state index in [1.165, 1.54) is 13.1 Å². The summed E-state index contributed by atoms with van der Waals surface area (Å²) in [6.45, 7) is 1.52. The number of likely N-dealkylation sites (N-methyl/N-ethyl adjacent to an activating group) is 1. The fourth-order valence-electron chi connectivity index (χ4n) is 9.34. The van der Waals surface area contributed by atoms with Gasteiger partial charge in [0, 0.05) is 65.3 Å². The normalized spacial score (nSPS) is 20.9. The van der Waals surface area contributed by atoms with Crippen molar-refractivity contribution in [1.29, 1.82) is 0 Å². The number of benzene rings is 4. The van der Waals surface area contributed by atoms with Crippen LogP contribution in [0.3, 0.4) is 0 Å². The molecule has 0 unspecified atom stereocenters. The Morgan fingerprint density at radius 3 is 2.09 bits per heavy atom. The molecule has 7 rings (SSSR count). The van der Waals surface area contributed by atoms with Crippen molar-refractivity contribution in [2.24, 2.45) is 11.5 Å². The van der Waals surface area contributed by atoms with Crippen LogP contribution in [0, 0.1) is 0 Å². The maximum atomic E-state index is 14.9. The van der Waals surface area contributed by atoms with Crippen LogP contribution in [0.1, 0.15) is 48.4 Å². The van der Waals surface area contributed by atoms with Crippen molar-refractivity contribution in [3.63, 3.8) is 0 Å². The van der Waals surface area contributed by atoms with Gasteiger partial charge in [-0.3, -0.25) is 43.3 Å². The third-order valence-electron chi connectivity index (χ3n) is 13.9. The average molecular weight is 1180 g/mol. The number of carbonyl (C=O) groups is 8. The molecular formula is C58H69ClN12O9S2. The van der Waals surface area contributed by atoms with Crippen LogP contribution in [0.15, 0.2) is 122 Å². The molecule has 1 aliphatic rings. The summed E-state index contributed by atoms with van der Waals surface area (Å²) in [5.74, 6) is -6.90. The van der Waals surface area contributed by atoms with Gasteiger partial charge in [-0.2, -0.15) is 0 Å². The topological polar surface area (TPSA) is 334 Å². The monoisotopic (exact) mass is 1180 g/mol. The molecule has 0 radical (unpaired) electrons. The lowest BCUT2D eigenvalue weighted by atomic mass is 10.0. The second-order valence-electron chi connectivity index (χ2n) is 20.0. The molecule has 4 aromatic carbocycles. The van der Waals surface area contributed by atoms with Crippen molar-refractivity contribution in [3.8, 4) is 0 Å². The van der Waals surface area contributed by atoms with E-state index >= 15 is 0 Å². The Bertz CT molecular complexity index is 3190. The highest BCUT2D eigenvalue weighted by Gasteiger charge is 2.37. The summed E-state index contributed by atoms with van der Waals surface area (Å²) in [6, 6.07) is 20.0. The van der Waals surface area contributed by atoms with Crippen LogP contribution in [-0.4, -0.2) is 142 Å². The lowest BCUT2D eigenvalue weighted by molar-refractivity contribution is -0.136. The third-order valence-corrected chi connectivity index (χ3v) is 16.6. The van der Waals surface area contributed by atoms with E-state index in [0.29, 0.717) is 34.6 Å². The van der Waals surface area contributed by atoms with Crippen LogP contribution in [0.4, 0.5) is 0 Å². The Balaban J connectivity index is 1.25. The quantitative estimate of drug-likeness (QED) is 0.0408. The highest BCUT2D eigenvalue weighted by molar-refractivity contribution is 8.76. The lowest BCUT2D eigenvalue weighted by Crippen LogP contribution is -2.62. The van der Waals surface area contributed by atoms with Crippen LogP contribution >= 0.6 is 33.2 Å². The number of aliphatic hydroxyl groups excluding tert-OH is 1. The molecule has 24 heteroatoms. The number of halogens is 1. The second kappa shape index (κ2) is 30.5. The number of nitrogens with zero attached hydrogens (tertiary/aromatic N) is 1. The first-order chi connectivity index (χ1) is 39.5. The number of carbonyl (C=O) groups excluding carboxylic acids is 8. The molecule has 0 aliphatic carbocycles. The predicted octanol–water partition coefficient (Wildman–Crippen LogP) is 2.01. The Labute approximate surface area is 487 Å². The summed E-state index contributed by atoms with van der Waals surface area (Å²) in [4.78, 5) is 123. The molecule has 1 saturated heterocycles. The maximum Gasteiger partial charge on any atom is 0.245 e. The zero-order chi connectivity index (χ0) is 58.7. The molecule has 3 heterocycles. The number of fused-ring (bicyclic) bond motifs is 2. The molecule has 0 bridgehead atoms. The first-order valence-corrected chi connectivity index (χ1v) is 29.7. The van der Waals surface area contributed by atoms with Crippen LogP contribution in [-0.2, 0) is 64.0 Å². The highest BCUT2D eigenvalue weighted by atomic mass is 35.5. The lowest BCUT2D eigenvalue weighted by Gasteiger charge is -2.29. The van der Waals surface area contributed by atoms with Crippen molar-refractivity contribution in [1.82, 2.24) is 52.5 Å². The number of H-pyrrole nitrogens is 1. The van der Waals surface area contributed by atoms with E-state index in [4.69, 9.17) is 23.1 Å². The summed E-state index contributed by atoms with van der Waals surface area (Å²) in [5.41, 5.74) is 15.1. The van der Waals surface area contributed by atoms with Crippen molar-refractivity contribution in [2.45, 2.75) is 106 Å². The van der Waals surface area contributed by atoms with Crippen molar-refractivity contribution < 1.29 is 43.5 Å². The van der Waals surface area contributed by atoms with Crippen molar-refractivity contribution >= 4 is 102 Å². The highest BCUT2D eigenvalue weighted by Crippen LogP contribution is 2.25. The van der Waals surface area contributed by atoms with Crippen molar-refractivity contribution in [2.75, 3.05) is 25.1 Å². The molecule has 82 heavy (non-hydrogen) atoms. The first kappa shape index (κ1) is 62.1. The SMILES string of the molecule is CN[C@@H](Cc1ccc(Cl)cc1)C(=O)N[C@H]1CSSC[C@H](C(=O)N[C@@H](Cc2ccc3ccccc3c2)C(N)=O)NC(=O)[C@@H]([C@H](C)O)NC(=O)[C@H](CCCCN)NC(=O)[C@@H](Cc2c[nH]c3ccccc23)NC(=O)[C@H](Cc2cccnc2)NC1=O. The van der Waals surface area contributed by atoms with Gasteiger partial charge in [-0.05, 0) is 103 Å². The zero-order valence-electron chi connectivity index (χ0n) is 45.3. The number of primary amides is 1. The molecule has 1 aliphatic heterocycles. The van der Waals surface area contributed by atoms with Gasteiger partial charge >= 0.3 is 0 Å². The molecule has 2 aromatic heterocycles. The van der Waals surface area contributed by atoms with Gasteiger partial charge in [-0.15, -0.1) is 0 Å². The van der Waals surface area contributed by atoms with E-state index in [9.17, 15) is 43.5 Å². The number of aromatic nitrogens is 2. The molecule has 434 valence electrons. The predicted molar refractivity (Wildman–Crippen MR) is 318 cm³/mol. The molecule has 6 aromatic rings. The van der Waals surface area contributed by atoms with E-state index in [0.717, 1.165) is 48.8 Å². The number of rotatable bonds is 19. The summed E-state index contributed by atoms with van der Waals surface area (Å²) in [6.07, 6.45) is 4.00. The number of aliphatic hydroxyl groups is 1. The van der Waals surface area contributed by atoms with E-state index in [1.807, 2.05) is 60.7 Å². The number of unbranched alkanes of at least 4 members (excludes halogenated alkanes) is 1. The van der Waals surface area contributed by atoms with Gasteiger partial charge in [0.15, 0.2) is 0 Å². The largest absolute Gasteiger partial charge is 0.391 e. The van der Waals surface area contributed by atoms with Gasteiger partial charge in [0.1, 0.15) is 42.3 Å². The fraction of sp³-hybridized carbons (Fsp3) is 0.362. The molecule has 9 atom stereocenters. The zero-order valence-corrected chi connectivity index (χ0v) is 47.7. The number of hydrogen-bond acceptors (Lipinski definition) is 14. The minimum atomic E-state index is -1.70. The van der Waals surface area contributed by atoms with Gasteiger partial charge in [-0.25, -0.2) is 0 Å². The number of amides is 8. The maximum absolute atomic E-state index is 14.9. The van der Waals surface area contributed by atoms with Gasteiger partial charge in [0.05, 0.1) is 12.1 Å². The second-order valence-corrected chi connectivity index (χ2v) is 23.0. The molecule has 0 spiro atoms. The van der Waals surface area contributed by atoms with Crippen LogP contribution < -0.4 is 54.0 Å². The molecule has 0 saturated carbocycles. The number of nitrogens with one attached hydrogen (secondary N) is 9. The summed E-state index contributed by atoms with van der Waals surface area (Å²) in [7, 11) is 3.67. The standard InChI is InChI=1S/C58H69ClN12O9S2/c1-33(72)50-58(80)70-49(56(78)66-44(51(61)73)26-35-16-19-37-11-3-4-12-38(37)24-35)32-82-81-31-48(69-53(75)45(62-2)25-34-17-20-40(59)21-18-34)57(79)67-46(27-36-10-9-23-63-29-36)54(76)68-47(28-39-30-64-42-14-6-5-13-41(39)42)55(77)65-43(52(74)71-50)15-7-8-22-60/h3-6,9-14,16-21,23-24,29-30,33,43-50,62,64,72H,7-8,15,22,25-28,31-32,60H2,1-2H3,(H2,61,73)(H,65,77)(H,66,78)(H,67,79)(H,68,76)(H,69,75)(H,70,80)(H,71,74)/t33-,43-,44-,45-,46-,47+,48-,49+,50+/m0/s1. The summed E-state index contributed by atoms with van der Waals surface area (Å²) < 4.78 is 0. The Morgan fingerprint density at radius 2 is 1.38 bits per heavy atom. The van der Waals surface area contributed by atoms with Gasteiger partial charge < -0.3 is 64.1 Å². The smallest absolute Gasteiger partial charge is 0.245 e. The third kappa shape index (κ3) is 17.7. The molecule has 21 nitrogen and oxygen atoms in total. The van der Waals surface area contributed by atoms with Gasteiger partial charge in [0.25, 0.3) is 0 Å². The van der Waals surface area contributed by atoms with Crippen LogP contribution in [0.25, 0.3) is 21.7 Å². The molecular weight excluding hydrogens is 1110 g/mol. The Kier molecular flexibility index (Phi) is 23.1. The number of para-hydroxylation sites is 1. The number of hydrogen-bond donors (Lipinski definition) is 12. The molecule has 8 amide bonds. The summed E-state index contributed by atoms with van der Waals surface area (Å²) in [5, 5.41) is 36.5. The minimum absolute atomic E-state index is 0.0113. The van der Waals surface area contributed by atoms with Crippen LogP contribution in [0.5, 0.6) is 0 Å². The Hall–Kier alpha value is -7.54. The van der Waals surface area contributed by atoms with Gasteiger partial charge in [0.2, 0.25) is 47.3 Å². The van der Waals surface area contributed by atoms with E-state index in [1.54, 1.807) is 61.9 Å². The van der Waals surface area contributed by atoms with Gasteiger partial charge in [-0.1, -0.05) is 112 Å². The summed E-state index contributed by atoms with van der Waals surface area (Å²) >= 11 is 6.15. The number of nitrogens with two attached hydrogens (primary N) is 2. The van der Waals surface area contributed by atoms with E-state index < -0.39 is 102 Å². The minimum Gasteiger partial charge on any atom is -0.391 e. The van der Waals surface area contributed by atoms with E-state index in [2.05, 4.69) is 52.5 Å². The Morgan fingerprint density at radius 1 is 0.720 bits per heavy atom. The van der Waals surface area contributed by atoms with Crippen molar-refractivity contribution in [3.05, 3.63) is 149 Å². The average Bonchev–Trinajstić information content (AvgIpc) is 4.12. The molecule has 14 N–H and O–H groups in total. The first-order valence-electron chi connectivity index (χ1n) is 26.9. The van der Waals surface area contributed by atoms with E-state index in [-0.39, 0.29) is 50.2 Å². The number of aromatic amines is 1. The number of pyridine rings is 1. The fourth-order valence-corrected chi connectivity index (χ4v) is 11.8. The molecule has 1 fully saturated rings. The van der Waals surface area contributed by atoms with Crippen LogP contribution in [0.2, 0.25) is 5.02 Å².